The summed E-state index contributed by atoms with van der Waals surface area (Å²) in [6.45, 7) is 1.10. The van der Waals surface area contributed by atoms with E-state index < -0.39 is 0 Å². The van der Waals surface area contributed by atoms with E-state index >= 15 is 0 Å². The number of nitrogens with zero attached hydrogens (tertiary/aromatic N) is 1. The normalized spacial score (nSPS) is 11.1. The zero-order valence-electron chi connectivity index (χ0n) is 11.8. The van der Waals surface area contributed by atoms with Crippen molar-refractivity contribution >= 4 is 45.3 Å². The average molecular weight is 407 g/mol. The largest absolute Gasteiger partial charge is 0.335 e. The van der Waals surface area contributed by atoms with Gasteiger partial charge in [-0.05, 0) is 41.5 Å². The van der Waals surface area contributed by atoms with Crippen LogP contribution in [0.4, 0.5) is 0 Å². The summed E-state index contributed by atoms with van der Waals surface area (Å²) in [6, 6.07) is 21.6. The predicted octanol–water partition coefficient (Wildman–Crippen LogP) is 6.01. The molecule has 0 aliphatic carbocycles. The summed E-state index contributed by atoms with van der Waals surface area (Å²) in [7, 11) is 0. The molecule has 0 radical (unpaired) electrons. The van der Waals surface area contributed by atoms with Crippen LogP contribution >= 0.6 is 34.4 Å². The Morgan fingerprint density at radius 2 is 1.67 bits per heavy atom. The summed E-state index contributed by atoms with van der Waals surface area (Å²) < 4.78 is 3.71. The third kappa shape index (κ3) is 3.64. The fourth-order valence-electron chi connectivity index (χ4n) is 2.47. The zero-order chi connectivity index (χ0) is 14.5. The quantitative estimate of drug-likeness (QED) is 0.275. The van der Waals surface area contributed by atoms with Crippen molar-refractivity contribution in [3.05, 3.63) is 60.7 Å². The number of rotatable bonds is 6. The van der Waals surface area contributed by atoms with Gasteiger partial charge in [0.15, 0.2) is 0 Å². The second kappa shape index (κ2) is 7.36. The summed E-state index contributed by atoms with van der Waals surface area (Å²) in [5.74, 6) is 0. The zero-order valence-corrected chi connectivity index (χ0v) is 14.8. The lowest BCUT2D eigenvalue weighted by Gasteiger charge is -2.10. The van der Waals surface area contributed by atoms with Gasteiger partial charge in [-0.1, -0.05) is 70.8 Å². The molecule has 1 aromatic heterocycles. The molecule has 1 nitrogen and oxygen atoms in total. The van der Waals surface area contributed by atoms with E-state index in [4.69, 9.17) is 0 Å². The molecule has 3 aromatic rings. The highest BCUT2D eigenvalue weighted by Crippen LogP contribution is 2.33. The molecule has 0 bridgehead atoms. The Kier molecular flexibility index (Phi) is 5.25. The number of benzene rings is 2. The van der Waals surface area contributed by atoms with Gasteiger partial charge in [0.2, 0.25) is 0 Å². The minimum Gasteiger partial charge on any atom is -0.335 e. The monoisotopic (exact) mass is 407 g/mol. The first-order chi connectivity index (χ1) is 10.4. The average Bonchev–Trinajstić information content (AvgIpc) is 2.86. The molecule has 0 spiro atoms. The maximum absolute atomic E-state index is 2.47. The highest BCUT2D eigenvalue weighted by molar-refractivity contribution is 14.1. The van der Waals surface area contributed by atoms with Crippen LogP contribution in [0.15, 0.2) is 70.6 Å². The van der Waals surface area contributed by atoms with Crippen LogP contribution in [0.3, 0.4) is 0 Å². The molecule has 0 fully saturated rings. The van der Waals surface area contributed by atoms with Crippen LogP contribution in [-0.4, -0.2) is 8.99 Å². The molecule has 0 unspecified atom stereocenters. The summed E-state index contributed by atoms with van der Waals surface area (Å²) in [5.41, 5.74) is 1.35. The van der Waals surface area contributed by atoms with Gasteiger partial charge in [-0.25, -0.2) is 0 Å². The number of aromatic nitrogens is 1. The number of aryl methyl sites for hydroxylation is 1. The molecule has 0 saturated heterocycles. The first kappa shape index (κ1) is 15.0. The smallest absolute Gasteiger partial charge is 0.0807 e. The lowest BCUT2D eigenvalue weighted by Crippen LogP contribution is -1.99. The molecule has 0 aliphatic heterocycles. The summed E-state index contributed by atoms with van der Waals surface area (Å²) >= 11 is 4.32. The third-order valence-electron chi connectivity index (χ3n) is 3.50. The summed E-state index contributed by atoms with van der Waals surface area (Å²) in [5, 5.41) is 2.68. The number of para-hydroxylation sites is 1. The molecule has 21 heavy (non-hydrogen) atoms. The Hall–Kier alpha value is -0.940. The van der Waals surface area contributed by atoms with E-state index in [2.05, 4.69) is 87.8 Å². The van der Waals surface area contributed by atoms with E-state index in [1.54, 1.807) is 0 Å². The highest BCUT2D eigenvalue weighted by atomic mass is 127. The van der Waals surface area contributed by atoms with Gasteiger partial charge in [0.05, 0.1) is 5.03 Å². The van der Waals surface area contributed by atoms with Gasteiger partial charge in [-0.15, -0.1) is 0 Å². The Morgan fingerprint density at radius 1 is 0.905 bits per heavy atom. The minimum atomic E-state index is 1.10. The van der Waals surface area contributed by atoms with Crippen molar-refractivity contribution in [2.45, 2.75) is 29.3 Å². The number of hydrogen-bond donors (Lipinski definition) is 0. The Morgan fingerprint density at radius 3 is 2.48 bits per heavy atom. The highest BCUT2D eigenvalue weighted by Gasteiger charge is 2.09. The van der Waals surface area contributed by atoms with Gasteiger partial charge in [0, 0.05) is 22.3 Å². The van der Waals surface area contributed by atoms with Gasteiger partial charge in [-0.2, -0.15) is 0 Å². The van der Waals surface area contributed by atoms with E-state index in [0.717, 1.165) is 6.54 Å². The fraction of sp³-hybridized carbons (Fsp3) is 0.222. The van der Waals surface area contributed by atoms with Crippen LogP contribution < -0.4 is 0 Å². The van der Waals surface area contributed by atoms with Crippen LogP contribution in [0.25, 0.3) is 10.9 Å². The Labute approximate surface area is 143 Å². The van der Waals surface area contributed by atoms with Crippen LogP contribution in [0.5, 0.6) is 0 Å². The molecule has 0 amide bonds. The van der Waals surface area contributed by atoms with Crippen LogP contribution in [0.2, 0.25) is 0 Å². The van der Waals surface area contributed by atoms with Crippen molar-refractivity contribution in [1.82, 2.24) is 4.57 Å². The van der Waals surface area contributed by atoms with E-state index in [1.165, 1.54) is 38.1 Å². The molecule has 108 valence electrons. The van der Waals surface area contributed by atoms with E-state index in [1.807, 2.05) is 11.8 Å². The molecule has 3 heteroatoms. The minimum absolute atomic E-state index is 1.10. The standard InChI is InChI=1S/C18H18INS/c19-12-6-7-13-20-17-11-5-4-8-15(17)14-18(20)21-16-9-2-1-3-10-16/h1-5,8-11,14H,6-7,12-13H2. The molecule has 0 aliphatic rings. The maximum Gasteiger partial charge on any atom is 0.0807 e. The molecule has 0 atom stereocenters. The van der Waals surface area contributed by atoms with Crippen molar-refractivity contribution in [2.24, 2.45) is 0 Å². The lowest BCUT2D eigenvalue weighted by molar-refractivity contribution is 0.619. The van der Waals surface area contributed by atoms with E-state index in [9.17, 15) is 0 Å². The van der Waals surface area contributed by atoms with Crippen molar-refractivity contribution in [1.29, 1.82) is 0 Å². The van der Waals surface area contributed by atoms with E-state index in [0.29, 0.717) is 0 Å². The molecular weight excluding hydrogens is 389 g/mol. The van der Waals surface area contributed by atoms with Crippen LogP contribution in [-0.2, 0) is 6.54 Å². The number of fused-ring (bicyclic) bond motifs is 1. The van der Waals surface area contributed by atoms with Gasteiger partial charge >= 0.3 is 0 Å². The molecule has 1 heterocycles. The van der Waals surface area contributed by atoms with Crippen molar-refractivity contribution < 1.29 is 0 Å². The summed E-state index contributed by atoms with van der Waals surface area (Å²) in [4.78, 5) is 1.30. The maximum atomic E-state index is 2.47. The molecule has 2 aromatic carbocycles. The van der Waals surface area contributed by atoms with Gasteiger partial charge < -0.3 is 4.57 Å². The molecule has 0 saturated carbocycles. The lowest BCUT2D eigenvalue weighted by atomic mass is 10.2. The second-order valence-electron chi connectivity index (χ2n) is 5.00. The van der Waals surface area contributed by atoms with Gasteiger partial charge in [0.1, 0.15) is 0 Å². The first-order valence-electron chi connectivity index (χ1n) is 7.25. The molecule has 3 rings (SSSR count). The van der Waals surface area contributed by atoms with Gasteiger partial charge in [0.25, 0.3) is 0 Å². The number of halogens is 1. The van der Waals surface area contributed by atoms with Crippen LogP contribution in [0, 0.1) is 0 Å². The third-order valence-corrected chi connectivity index (χ3v) is 5.32. The Bertz CT molecular complexity index is 706. The topological polar surface area (TPSA) is 4.93 Å². The van der Waals surface area contributed by atoms with Crippen molar-refractivity contribution in [3.8, 4) is 0 Å². The van der Waals surface area contributed by atoms with Gasteiger partial charge in [-0.3, -0.25) is 0 Å². The molecule has 0 N–H and O–H groups in total. The molecular formula is C18H18INS. The number of unbranched alkanes of at least 4 members (excludes halogenated alkanes) is 1. The van der Waals surface area contributed by atoms with Crippen molar-refractivity contribution in [2.75, 3.05) is 4.43 Å². The number of alkyl halides is 1. The number of hydrogen-bond acceptors (Lipinski definition) is 1. The van der Waals surface area contributed by atoms with Crippen molar-refractivity contribution in [3.63, 3.8) is 0 Å². The second-order valence-corrected chi connectivity index (χ2v) is 7.18. The SMILES string of the molecule is ICCCCn1c(Sc2ccccc2)cc2ccccc21. The Balaban J connectivity index is 1.94. The first-order valence-corrected chi connectivity index (χ1v) is 9.60. The van der Waals surface area contributed by atoms with Crippen LogP contribution in [0.1, 0.15) is 12.8 Å². The van der Waals surface area contributed by atoms with E-state index in [-0.39, 0.29) is 0 Å². The fourth-order valence-corrected chi connectivity index (χ4v) is 4.03. The predicted molar refractivity (Wildman–Crippen MR) is 101 cm³/mol. The summed E-state index contributed by atoms with van der Waals surface area (Å²) in [6.07, 6.45) is 2.52.